The lowest BCUT2D eigenvalue weighted by molar-refractivity contribution is 0.226. The summed E-state index contributed by atoms with van der Waals surface area (Å²) in [5.74, 6) is 0. The van der Waals surface area contributed by atoms with Gasteiger partial charge in [0, 0.05) is 38.6 Å². The zero-order valence-electron chi connectivity index (χ0n) is 13.3. The maximum Gasteiger partial charge on any atom is 0.0271 e. The van der Waals surface area contributed by atoms with Crippen LogP contribution in [0, 0.1) is 6.92 Å². The molecule has 1 heterocycles. The molecule has 3 nitrogen and oxygen atoms in total. The number of aryl methyl sites for hydroxylation is 1. The lowest BCUT2D eigenvalue weighted by Crippen LogP contribution is -2.31. The van der Waals surface area contributed by atoms with Gasteiger partial charge < -0.3 is 4.90 Å². The van der Waals surface area contributed by atoms with Crippen molar-refractivity contribution in [3.63, 3.8) is 0 Å². The van der Waals surface area contributed by atoms with Gasteiger partial charge in [0.15, 0.2) is 0 Å². The van der Waals surface area contributed by atoms with Gasteiger partial charge in [0.2, 0.25) is 0 Å². The number of pyridine rings is 1. The molecule has 0 atom stereocenters. The zero-order chi connectivity index (χ0) is 15.1. The average Bonchev–Trinajstić information content (AvgIpc) is 2.48. The highest BCUT2D eigenvalue weighted by Crippen LogP contribution is 2.13. The Kier molecular flexibility index (Phi) is 5.90. The van der Waals surface area contributed by atoms with Crippen LogP contribution in [0.1, 0.15) is 16.7 Å². The van der Waals surface area contributed by atoms with Gasteiger partial charge in [0.25, 0.3) is 0 Å². The molecule has 0 spiro atoms. The molecule has 1 aromatic carbocycles. The summed E-state index contributed by atoms with van der Waals surface area (Å²) in [6.07, 6.45) is 3.74. The molecule has 0 amide bonds. The Bertz CT molecular complexity index is 537. The predicted octanol–water partition coefficient (Wildman–Crippen LogP) is 2.95. The van der Waals surface area contributed by atoms with E-state index in [-0.39, 0.29) is 0 Å². The average molecular weight is 283 g/mol. The smallest absolute Gasteiger partial charge is 0.0271 e. The molecule has 0 unspecified atom stereocenters. The summed E-state index contributed by atoms with van der Waals surface area (Å²) in [7, 11) is 4.25. The van der Waals surface area contributed by atoms with Crippen molar-refractivity contribution < 1.29 is 0 Å². The third-order valence-electron chi connectivity index (χ3n) is 3.67. The molecule has 112 valence electrons. The molecular weight excluding hydrogens is 258 g/mol. The first-order valence-electron chi connectivity index (χ1n) is 7.45. The first-order chi connectivity index (χ1) is 10.1. The summed E-state index contributed by atoms with van der Waals surface area (Å²) in [5.41, 5.74) is 4.09. The van der Waals surface area contributed by atoms with Crippen LogP contribution >= 0.6 is 0 Å². The molecule has 0 aliphatic rings. The number of nitrogens with zero attached hydrogens (tertiary/aromatic N) is 3. The van der Waals surface area contributed by atoms with E-state index < -0.39 is 0 Å². The third-order valence-corrected chi connectivity index (χ3v) is 3.67. The van der Waals surface area contributed by atoms with E-state index in [2.05, 4.69) is 72.2 Å². The molecule has 0 radical (unpaired) electrons. The molecule has 1 aromatic heterocycles. The molecule has 21 heavy (non-hydrogen) atoms. The molecule has 0 fully saturated rings. The number of benzene rings is 1. The summed E-state index contributed by atoms with van der Waals surface area (Å²) in [6.45, 7) is 6.26. The first kappa shape index (κ1) is 15.7. The Balaban J connectivity index is 2.06. The standard InChI is InChI=1S/C18H25N3/c1-16-6-4-5-7-18(16)15-21(13-12-20(2)3)14-17-8-10-19-11-9-17/h4-11H,12-15H2,1-3H3. The van der Waals surface area contributed by atoms with Gasteiger partial charge in [-0.15, -0.1) is 0 Å². The van der Waals surface area contributed by atoms with Crippen LogP contribution < -0.4 is 0 Å². The van der Waals surface area contributed by atoms with Gasteiger partial charge in [0.05, 0.1) is 0 Å². The SMILES string of the molecule is Cc1ccccc1CN(CCN(C)C)Cc1ccncc1. The summed E-state index contributed by atoms with van der Waals surface area (Å²) in [6, 6.07) is 12.8. The predicted molar refractivity (Wildman–Crippen MR) is 88.1 cm³/mol. The van der Waals surface area contributed by atoms with E-state index in [0.29, 0.717) is 0 Å². The minimum Gasteiger partial charge on any atom is -0.308 e. The van der Waals surface area contributed by atoms with Gasteiger partial charge in [-0.1, -0.05) is 24.3 Å². The fraction of sp³-hybridized carbons (Fsp3) is 0.389. The van der Waals surface area contributed by atoms with Crippen molar-refractivity contribution >= 4 is 0 Å². The second-order valence-electron chi connectivity index (χ2n) is 5.80. The van der Waals surface area contributed by atoms with Gasteiger partial charge in [-0.2, -0.15) is 0 Å². The fourth-order valence-corrected chi connectivity index (χ4v) is 2.33. The second-order valence-corrected chi connectivity index (χ2v) is 5.80. The highest BCUT2D eigenvalue weighted by molar-refractivity contribution is 5.25. The number of rotatable bonds is 7. The third kappa shape index (κ3) is 5.29. The maximum absolute atomic E-state index is 4.10. The van der Waals surface area contributed by atoms with Crippen LogP contribution in [0.3, 0.4) is 0 Å². The van der Waals surface area contributed by atoms with Crippen molar-refractivity contribution in [3.05, 3.63) is 65.5 Å². The molecule has 0 saturated heterocycles. The highest BCUT2D eigenvalue weighted by Gasteiger charge is 2.09. The monoisotopic (exact) mass is 283 g/mol. The molecule has 3 heteroatoms. The fourth-order valence-electron chi connectivity index (χ4n) is 2.33. The summed E-state index contributed by atoms with van der Waals surface area (Å²) in [5, 5.41) is 0. The molecule has 0 N–H and O–H groups in total. The minimum absolute atomic E-state index is 0.963. The number of hydrogen-bond donors (Lipinski definition) is 0. The van der Waals surface area contributed by atoms with Gasteiger partial charge >= 0.3 is 0 Å². The quantitative estimate of drug-likeness (QED) is 0.779. The van der Waals surface area contributed by atoms with E-state index in [1.54, 1.807) is 0 Å². The van der Waals surface area contributed by atoms with Crippen LogP contribution in [-0.4, -0.2) is 42.0 Å². The topological polar surface area (TPSA) is 19.4 Å². The molecule has 0 saturated carbocycles. The summed E-state index contributed by atoms with van der Waals surface area (Å²) >= 11 is 0. The number of likely N-dealkylation sites (N-methyl/N-ethyl adjacent to an activating group) is 1. The minimum atomic E-state index is 0.963. The Morgan fingerprint density at radius 1 is 0.905 bits per heavy atom. The lowest BCUT2D eigenvalue weighted by Gasteiger charge is -2.25. The molecule has 2 rings (SSSR count). The van der Waals surface area contributed by atoms with E-state index in [1.807, 2.05) is 12.4 Å². The maximum atomic E-state index is 4.10. The van der Waals surface area contributed by atoms with Gasteiger partial charge in [-0.25, -0.2) is 0 Å². The van der Waals surface area contributed by atoms with E-state index in [9.17, 15) is 0 Å². The normalized spacial score (nSPS) is 11.3. The Hall–Kier alpha value is -1.71. The molecule has 0 aliphatic carbocycles. The van der Waals surface area contributed by atoms with E-state index in [0.717, 1.165) is 26.2 Å². The van der Waals surface area contributed by atoms with Gasteiger partial charge in [-0.05, 0) is 49.8 Å². The van der Waals surface area contributed by atoms with Crippen LogP contribution in [0.25, 0.3) is 0 Å². The molecule has 0 aliphatic heterocycles. The van der Waals surface area contributed by atoms with Crippen molar-refractivity contribution in [1.82, 2.24) is 14.8 Å². The molecule has 0 bridgehead atoms. The summed E-state index contributed by atoms with van der Waals surface area (Å²) in [4.78, 5) is 8.83. The van der Waals surface area contributed by atoms with Crippen molar-refractivity contribution in [2.75, 3.05) is 27.2 Å². The van der Waals surface area contributed by atoms with Crippen LogP contribution in [0.4, 0.5) is 0 Å². The Morgan fingerprint density at radius 3 is 2.29 bits per heavy atom. The van der Waals surface area contributed by atoms with Crippen molar-refractivity contribution in [3.8, 4) is 0 Å². The van der Waals surface area contributed by atoms with Crippen molar-refractivity contribution in [1.29, 1.82) is 0 Å². The first-order valence-corrected chi connectivity index (χ1v) is 7.45. The molecule has 2 aromatic rings. The van der Waals surface area contributed by atoms with Crippen LogP contribution in [0.15, 0.2) is 48.8 Å². The van der Waals surface area contributed by atoms with Crippen LogP contribution in [0.5, 0.6) is 0 Å². The van der Waals surface area contributed by atoms with Crippen LogP contribution in [0.2, 0.25) is 0 Å². The van der Waals surface area contributed by atoms with Crippen molar-refractivity contribution in [2.24, 2.45) is 0 Å². The summed E-state index contributed by atoms with van der Waals surface area (Å²) < 4.78 is 0. The van der Waals surface area contributed by atoms with Gasteiger partial charge in [-0.3, -0.25) is 9.88 Å². The zero-order valence-corrected chi connectivity index (χ0v) is 13.3. The Labute approximate surface area is 128 Å². The van der Waals surface area contributed by atoms with Gasteiger partial charge in [0.1, 0.15) is 0 Å². The van der Waals surface area contributed by atoms with E-state index in [1.165, 1.54) is 16.7 Å². The van der Waals surface area contributed by atoms with E-state index >= 15 is 0 Å². The number of aromatic nitrogens is 1. The molecular formula is C18H25N3. The number of hydrogen-bond acceptors (Lipinski definition) is 3. The highest BCUT2D eigenvalue weighted by atomic mass is 15.2. The van der Waals surface area contributed by atoms with E-state index in [4.69, 9.17) is 0 Å². The second kappa shape index (κ2) is 7.91. The van der Waals surface area contributed by atoms with Crippen LogP contribution in [-0.2, 0) is 13.1 Å². The Morgan fingerprint density at radius 2 is 1.62 bits per heavy atom. The largest absolute Gasteiger partial charge is 0.308 e. The van der Waals surface area contributed by atoms with Crippen molar-refractivity contribution in [2.45, 2.75) is 20.0 Å². The lowest BCUT2D eigenvalue weighted by atomic mass is 10.1.